The fraction of sp³-hybridized carbons (Fsp3) is 0.167. The van der Waals surface area contributed by atoms with Gasteiger partial charge in [-0.1, -0.05) is 0 Å². The molecule has 11 nitrogen and oxygen atoms in total. The van der Waals surface area contributed by atoms with Gasteiger partial charge >= 0.3 is 6.18 Å². The molecule has 0 aliphatic heterocycles. The number of methoxy groups -OCH3 is 3. The number of halogens is 5. The van der Waals surface area contributed by atoms with Gasteiger partial charge in [0.1, 0.15) is 16.8 Å². The van der Waals surface area contributed by atoms with Gasteiger partial charge < -0.3 is 24.3 Å². The van der Waals surface area contributed by atoms with E-state index in [1.165, 1.54) is 46.5 Å². The van der Waals surface area contributed by atoms with Crippen LogP contribution in [0, 0.1) is 18.6 Å². The first-order chi connectivity index (χ1) is 21.9. The Labute approximate surface area is 256 Å². The van der Waals surface area contributed by atoms with Crippen molar-refractivity contribution in [1.82, 2.24) is 19.5 Å². The summed E-state index contributed by atoms with van der Waals surface area (Å²) in [7, 11) is 4.00. The summed E-state index contributed by atoms with van der Waals surface area (Å²) in [6.07, 6.45) is -3.11. The Bertz CT molecular complexity index is 2050. The molecular weight excluding hydrogens is 621 g/mol. The lowest BCUT2D eigenvalue weighted by molar-refractivity contribution is -0.142. The van der Waals surface area contributed by atoms with E-state index in [0.717, 1.165) is 24.5 Å². The number of alkyl halides is 3. The van der Waals surface area contributed by atoms with Crippen LogP contribution in [0.4, 0.5) is 27.6 Å². The number of hydrogen-bond donors (Lipinski definition) is 1. The van der Waals surface area contributed by atoms with Crippen molar-refractivity contribution in [2.75, 3.05) is 26.6 Å². The number of carbonyl (C=O) groups is 1. The Morgan fingerprint density at radius 3 is 2.28 bits per heavy atom. The summed E-state index contributed by atoms with van der Waals surface area (Å²) in [5, 5.41) is 2.28. The van der Waals surface area contributed by atoms with Crippen LogP contribution in [-0.4, -0.2) is 46.8 Å². The van der Waals surface area contributed by atoms with Crippen LogP contribution < -0.4 is 29.8 Å². The second-order valence-corrected chi connectivity index (χ2v) is 9.49. The van der Waals surface area contributed by atoms with Crippen molar-refractivity contribution in [3.8, 4) is 34.7 Å². The molecule has 4 heterocycles. The number of benzene rings is 1. The highest BCUT2D eigenvalue weighted by atomic mass is 19.4. The standard InChI is InChI=1S/C30H22F5N5O6/c1-14-9-24(44-3)37-13-20(14)40-23(30(33,34)35)8-6-16(29(40)42)27(41)38-15-5-7-21(17(31)10-15)46-26-18(32)12-36-19-11-22(43-2)28(45-4)39-25(19)26/h5-13H,1-4H3,(H,38,41). The molecule has 0 spiro atoms. The Kier molecular flexibility index (Phi) is 8.45. The van der Waals surface area contributed by atoms with E-state index in [-0.39, 0.29) is 45.5 Å². The molecule has 16 heteroatoms. The van der Waals surface area contributed by atoms with Crippen LogP contribution in [0.5, 0.6) is 29.0 Å². The molecule has 0 bridgehead atoms. The lowest BCUT2D eigenvalue weighted by atomic mass is 10.1. The Hall–Kier alpha value is -5.80. The van der Waals surface area contributed by atoms with E-state index in [1.807, 2.05) is 0 Å². The molecule has 1 amide bonds. The van der Waals surface area contributed by atoms with E-state index in [2.05, 4.69) is 20.3 Å². The maximum absolute atomic E-state index is 15.2. The smallest absolute Gasteiger partial charge is 0.431 e. The third-order valence-electron chi connectivity index (χ3n) is 6.62. The highest BCUT2D eigenvalue weighted by Gasteiger charge is 2.36. The summed E-state index contributed by atoms with van der Waals surface area (Å²) in [4.78, 5) is 38.3. The molecule has 5 aromatic rings. The molecule has 238 valence electrons. The van der Waals surface area contributed by atoms with Gasteiger partial charge in [0.2, 0.25) is 5.88 Å². The number of ether oxygens (including phenoxy) is 4. The van der Waals surface area contributed by atoms with Gasteiger partial charge in [-0.3, -0.25) is 19.1 Å². The van der Waals surface area contributed by atoms with Crippen LogP contribution in [0.25, 0.3) is 16.7 Å². The highest BCUT2D eigenvalue weighted by Crippen LogP contribution is 2.37. The average molecular weight is 644 g/mol. The van der Waals surface area contributed by atoms with Crippen LogP contribution in [-0.2, 0) is 6.18 Å². The lowest BCUT2D eigenvalue weighted by Crippen LogP contribution is -2.33. The van der Waals surface area contributed by atoms with Crippen molar-refractivity contribution in [3.63, 3.8) is 0 Å². The molecule has 4 aromatic heterocycles. The largest absolute Gasteiger partial charge is 0.491 e. The number of carbonyl (C=O) groups excluding carboxylic acids is 1. The number of fused-ring (bicyclic) bond motifs is 1. The van der Waals surface area contributed by atoms with Gasteiger partial charge in [0, 0.05) is 23.9 Å². The number of amides is 1. The summed E-state index contributed by atoms with van der Waals surface area (Å²) in [6, 6.07) is 7.08. The van der Waals surface area contributed by atoms with Crippen LogP contribution >= 0.6 is 0 Å². The topological polar surface area (TPSA) is 127 Å². The molecule has 46 heavy (non-hydrogen) atoms. The zero-order valence-corrected chi connectivity index (χ0v) is 24.3. The molecule has 0 aliphatic rings. The minimum atomic E-state index is -4.97. The van der Waals surface area contributed by atoms with E-state index < -0.39 is 52.0 Å². The molecule has 0 saturated carbocycles. The average Bonchev–Trinajstić information content (AvgIpc) is 3.02. The maximum Gasteiger partial charge on any atom is 0.431 e. The minimum absolute atomic E-state index is 0.00785. The molecule has 1 N–H and O–H groups in total. The summed E-state index contributed by atoms with van der Waals surface area (Å²) in [6.45, 7) is 1.44. The molecule has 1 aromatic carbocycles. The quantitative estimate of drug-likeness (QED) is 0.207. The van der Waals surface area contributed by atoms with Crippen LogP contribution in [0.3, 0.4) is 0 Å². The number of nitrogens with one attached hydrogen (secondary N) is 1. The third-order valence-corrected chi connectivity index (χ3v) is 6.62. The van der Waals surface area contributed by atoms with Gasteiger partial charge in [0.05, 0.1) is 44.9 Å². The van der Waals surface area contributed by atoms with Crippen molar-refractivity contribution >= 4 is 22.6 Å². The van der Waals surface area contributed by atoms with Gasteiger partial charge in [0.25, 0.3) is 17.3 Å². The van der Waals surface area contributed by atoms with Crippen molar-refractivity contribution in [2.45, 2.75) is 13.1 Å². The summed E-state index contributed by atoms with van der Waals surface area (Å²) < 4.78 is 92.7. The first-order valence-electron chi connectivity index (χ1n) is 13.1. The second-order valence-electron chi connectivity index (χ2n) is 9.49. The summed E-state index contributed by atoms with van der Waals surface area (Å²) in [5.41, 5.74) is -3.49. The molecule has 0 radical (unpaired) electrons. The lowest BCUT2D eigenvalue weighted by Gasteiger charge is -2.18. The SMILES string of the molecule is COc1cc(C)c(-n2c(C(F)(F)F)ccc(C(=O)Nc3ccc(Oc4c(F)cnc5cc(OC)c(OC)nc45)c(F)c3)c2=O)cn1. The van der Waals surface area contributed by atoms with Crippen LogP contribution in [0.15, 0.2) is 59.7 Å². The molecule has 0 saturated heterocycles. The maximum atomic E-state index is 15.2. The number of anilines is 1. The van der Waals surface area contributed by atoms with Gasteiger partial charge in [-0.25, -0.2) is 18.7 Å². The summed E-state index contributed by atoms with van der Waals surface area (Å²) >= 11 is 0. The molecule has 0 unspecified atom stereocenters. The first-order valence-corrected chi connectivity index (χ1v) is 13.1. The van der Waals surface area contributed by atoms with E-state index in [0.29, 0.717) is 16.7 Å². The van der Waals surface area contributed by atoms with Crippen molar-refractivity contribution in [1.29, 1.82) is 0 Å². The zero-order chi connectivity index (χ0) is 33.3. The van der Waals surface area contributed by atoms with Crippen LogP contribution in [0.1, 0.15) is 21.6 Å². The molecule has 0 fully saturated rings. The first kappa shape index (κ1) is 31.6. The normalized spacial score (nSPS) is 11.3. The predicted octanol–water partition coefficient (Wildman–Crippen LogP) is 5.85. The molecule has 0 atom stereocenters. The molecular formula is C30H22F5N5O6. The fourth-order valence-electron chi connectivity index (χ4n) is 4.43. The number of aromatic nitrogens is 4. The Morgan fingerprint density at radius 2 is 1.65 bits per heavy atom. The van der Waals surface area contributed by atoms with Crippen molar-refractivity contribution < 1.29 is 45.7 Å². The minimum Gasteiger partial charge on any atom is -0.491 e. The highest BCUT2D eigenvalue weighted by molar-refractivity contribution is 6.04. The monoisotopic (exact) mass is 643 g/mol. The van der Waals surface area contributed by atoms with Gasteiger partial charge in [0.15, 0.2) is 28.9 Å². The number of nitrogens with zero attached hydrogens (tertiary/aromatic N) is 4. The van der Waals surface area contributed by atoms with Crippen molar-refractivity contribution in [2.24, 2.45) is 0 Å². The fourth-order valence-corrected chi connectivity index (χ4v) is 4.43. The third kappa shape index (κ3) is 5.96. The van der Waals surface area contributed by atoms with E-state index in [4.69, 9.17) is 18.9 Å². The number of aryl methyl sites for hydroxylation is 1. The van der Waals surface area contributed by atoms with E-state index in [1.54, 1.807) is 0 Å². The van der Waals surface area contributed by atoms with Gasteiger partial charge in [-0.05, 0) is 36.8 Å². The second kappa shape index (κ2) is 12.3. The van der Waals surface area contributed by atoms with Gasteiger partial charge in [-0.15, -0.1) is 0 Å². The zero-order valence-electron chi connectivity index (χ0n) is 24.3. The number of hydrogen-bond acceptors (Lipinski definition) is 9. The van der Waals surface area contributed by atoms with Gasteiger partial charge in [-0.2, -0.15) is 13.2 Å². The number of pyridine rings is 4. The molecule has 0 aliphatic carbocycles. The Morgan fingerprint density at radius 1 is 0.891 bits per heavy atom. The van der Waals surface area contributed by atoms with Crippen LogP contribution in [0.2, 0.25) is 0 Å². The van der Waals surface area contributed by atoms with E-state index >= 15 is 4.39 Å². The Balaban J connectivity index is 1.47. The molecule has 5 rings (SSSR count). The van der Waals surface area contributed by atoms with E-state index in [9.17, 15) is 27.2 Å². The predicted molar refractivity (Wildman–Crippen MR) is 153 cm³/mol. The number of rotatable bonds is 8. The summed E-state index contributed by atoms with van der Waals surface area (Å²) in [5.74, 6) is -3.81. The van der Waals surface area contributed by atoms with Crippen molar-refractivity contribution in [3.05, 3.63) is 93.7 Å².